The van der Waals surface area contributed by atoms with E-state index >= 15 is 0 Å². The molecule has 2 N–H and O–H groups in total. The van der Waals surface area contributed by atoms with Crippen LogP contribution in [0, 0.1) is 0 Å². The first-order valence-corrected chi connectivity index (χ1v) is 8.13. The van der Waals surface area contributed by atoms with E-state index in [0.29, 0.717) is 11.5 Å². The molecule has 2 aromatic rings. The molecule has 2 atom stereocenters. The number of carbonyl (C=O) groups excluding carboxylic acids is 1. The van der Waals surface area contributed by atoms with E-state index in [-0.39, 0.29) is 13.2 Å². The van der Waals surface area contributed by atoms with Crippen LogP contribution in [-0.2, 0) is 17.4 Å². The number of aliphatic hydroxyl groups is 1. The van der Waals surface area contributed by atoms with E-state index in [0.717, 1.165) is 10.8 Å². The SMILES string of the molecule is Cn1ccnc1C(O)(CC(=O)NCC1COc2ccccc2O1)C(F)(F)F. The van der Waals surface area contributed by atoms with Crippen molar-refractivity contribution in [2.24, 2.45) is 7.05 Å². The van der Waals surface area contributed by atoms with Gasteiger partial charge in [-0.25, -0.2) is 4.98 Å². The average Bonchev–Trinajstić information content (AvgIpc) is 3.05. The molecule has 7 nitrogen and oxygen atoms in total. The third-order valence-corrected chi connectivity index (χ3v) is 4.17. The Morgan fingerprint density at radius 3 is 2.70 bits per heavy atom. The van der Waals surface area contributed by atoms with Crippen molar-refractivity contribution in [3.63, 3.8) is 0 Å². The monoisotopic (exact) mass is 385 g/mol. The Balaban J connectivity index is 1.63. The molecular weight excluding hydrogens is 367 g/mol. The lowest BCUT2D eigenvalue weighted by Gasteiger charge is -2.30. The molecule has 0 radical (unpaired) electrons. The van der Waals surface area contributed by atoms with E-state index in [4.69, 9.17) is 9.47 Å². The topological polar surface area (TPSA) is 85.6 Å². The number of amides is 1. The van der Waals surface area contributed by atoms with Gasteiger partial charge in [-0.1, -0.05) is 12.1 Å². The van der Waals surface area contributed by atoms with Crippen molar-refractivity contribution in [2.75, 3.05) is 13.2 Å². The number of nitrogens with one attached hydrogen (secondary N) is 1. The Labute approximate surface area is 152 Å². The van der Waals surface area contributed by atoms with Gasteiger partial charge >= 0.3 is 6.18 Å². The predicted octanol–water partition coefficient (Wildman–Crippen LogP) is 1.52. The maximum absolute atomic E-state index is 13.4. The summed E-state index contributed by atoms with van der Waals surface area (Å²) in [5.41, 5.74) is -3.40. The van der Waals surface area contributed by atoms with Crippen LogP contribution in [0.5, 0.6) is 11.5 Å². The predicted molar refractivity (Wildman–Crippen MR) is 87.1 cm³/mol. The average molecular weight is 385 g/mol. The lowest BCUT2D eigenvalue weighted by Crippen LogP contribution is -2.49. The fourth-order valence-corrected chi connectivity index (χ4v) is 2.76. The number of carbonyl (C=O) groups is 1. The van der Waals surface area contributed by atoms with E-state index in [9.17, 15) is 23.1 Å². The molecule has 0 spiro atoms. The van der Waals surface area contributed by atoms with Gasteiger partial charge in [0, 0.05) is 19.4 Å². The zero-order chi connectivity index (χ0) is 19.7. The zero-order valence-electron chi connectivity index (χ0n) is 14.4. The number of para-hydroxylation sites is 2. The number of alkyl halides is 3. The Morgan fingerprint density at radius 2 is 2.07 bits per heavy atom. The van der Waals surface area contributed by atoms with Crippen LogP contribution in [0.4, 0.5) is 13.2 Å². The summed E-state index contributed by atoms with van der Waals surface area (Å²) in [6.07, 6.45) is -4.47. The third-order valence-electron chi connectivity index (χ3n) is 4.17. The molecule has 0 saturated carbocycles. The van der Waals surface area contributed by atoms with Gasteiger partial charge in [0.15, 0.2) is 17.3 Å². The molecule has 146 valence electrons. The summed E-state index contributed by atoms with van der Waals surface area (Å²) in [6, 6.07) is 6.94. The number of aryl methyl sites for hydroxylation is 1. The van der Waals surface area contributed by atoms with Gasteiger partial charge in [0.05, 0.1) is 13.0 Å². The van der Waals surface area contributed by atoms with Gasteiger partial charge in [-0.05, 0) is 12.1 Å². The zero-order valence-corrected chi connectivity index (χ0v) is 14.4. The number of aromatic nitrogens is 2. The molecule has 0 aliphatic carbocycles. The smallest absolute Gasteiger partial charge is 0.425 e. The summed E-state index contributed by atoms with van der Waals surface area (Å²) in [5.74, 6) is -0.597. The van der Waals surface area contributed by atoms with Crippen molar-refractivity contribution < 1.29 is 32.5 Å². The van der Waals surface area contributed by atoms with E-state index < -0.39 is 36.0 Å². The van der Waals surface area contributed by atoms with Gasteiger partial charge in [-0.15, -0.1) is 0 Å². The first-order chi connectivity index (χ1) is 12.7. The van der Waals surface area contributed by atoms with Gasteiger partial charge in [0.25, 0.3) is 0 Å². The van der Waals surface area contributed by atoms with Crippen LogP contribution in [0.3, 0.4) is 0 Å². The molecule has 1 aliphatic rings. The minimum absolute atomic E-state index is 0.0678. The summed E-state index contributed by atoms with van der Waals surface area (Å²) in [7, 11) is 1.31. The summed E-state index contributed by atoms with van der Waals surface area (Å²) < 4.78 is 52.5. The van der Waals surface area contributed by atoms with Crippen molar-refractivity contribution in [3.8, 4) is 11.5 Å². The van der Waals surface area contributed by atoms with Crippen LogP contribution in [0.15, 0.2) is 36.7 Å². The molecule has 1 aromatic carbocycles. The van der Waals surface area contributed by atoms with E-state index in [1.807, 2.05) is 0 Å². The molecule has 2 heterocycles. The third kappa shape index (κ3) is 3.85. The fourth-order valence-electron chi connectivity index (χ4n) is 2.76. The van der Waals surface area contributed by atoms with Crippen molar-refractivity contribution in [1.82, 2.24) is 14.9 Å². The second-order valence-corrected chi connectivity index (χ2v) is 6.20. The van der Waals surface area contributed by atoms with Crippen molar-refractivity contribution in [1.29, 1.82) is 0 Å². The Hall–Kier alpha value is -2.75. The van der Waals surface area contributed by atoms with E-state index in [2.05, 4.69) is 10.3 Å². The largest absolute Gasteiger partial charge is 0.486 e. The van der Waals surface area contributed by atoms with Crippen LogP contribution in [0.1, 0.15) is 12.2 Å². The summed E-state index contributed by atoms with van der Waals surface area (Å²) >= 11 is 0. The number of rotatable bonds is 5. The number of halogens is 3. The van der Waals surface area contributed by atoms with Gasteiger partial charge in [0.1, 0.15) is 12.7 Å². The molecule has 27 heavy (non-hydrogen) atoms. The molecule has 1 aliphatic heterocycles. The van der Waals surface area contributed by atoms with E-state index in [1.54, 1.807) is 24.3 Å². The first-order valence-electron chi connectivity index (χ1n) is 8.13. The van der Waals surface area contributed by atoms with Crippen molar-refractivity contribution in [3.05, 3.63) is 42.5 Å². The van der Waals surface area contributed by atoms with Crippen LogP contribution in [-0.4, -0.2) is 46.0 Å². The summed E-state index contributed by atoms with van der Waals surface area (Å²) in [6.45, 7) is 0.0713. The van der Waals surface area contributed by atoms with Crippen LogP contribution >= 0.6 is 0 Å². The number of benzene rings is 1. The molecule has 2 unspecified atom stereocenters. The van der Waals surface area contributed by atoms with Crippen LogP contribution < -0.4 is 14.8 Å². The van der Waals surface area contributed by atoms with E-state index in [1.165, 1.54) is 13.2 Å². The first kappa shape index (κ1) is 19.0. The normalized spacial score (nSPS) is 18.6. The van der Waals surface area contributed by atoms with Crippen molar-refractivity contribution >= 4 is 5.91 Å². The molecular formula is C17H18F3N3O4. The number of imidazole rings is 1. The maximum atomic E-state index is 13.4. The lowest BCUT2D eigenvalue weighted by atomic mass is 9.97. The lowest BCUT2D eigenvalue weighted by molar-refractivity contribution is -0.271. The quantitative estimate of drug-likeness (QED) is 0.815. The van der Waals surface area contributed by atoms with Gasteiger partial charge in [0.2, 0.25) is 11.5 Å². The van der Waals surface area contributed by atoms with Gasteiger partial charge in [-0.2, -0.15) is 13.2 Å². The summed E-state index contributed by atoms with van der Waals surface area (Å²) in [5, 5.41) is 12.6. The number of hydrogen-bond donors (Lipinski definition) is 2. The summed E-state index contributed by atoms with van der Waals surface area (Å²) in [4.78, 5) is 15.6. The number of hydrogen-bond acceptors (Lipinski definition) is 5. The highest BCUT2D eigenvalue weighted by atomic mass is 19.4. The molecule has 3 rings (SSSR count). The van der Waals surface area contributed by atoms with Crippen molar-refractivity contribution in [2.45, 2.75) is 24.3 Å². The maximum Gasteiger partial charge on any atom is 0.425 e. The number of nitrogens with zero attached hydrogens (tertiary/aromatic N) is 2. The standard InChI is InChI=1S/C17H18F3N3O4/c1-23-7-6-21-15(23)16(25,17(18,19)20)8-14(24)22-9-11-10-26-12-4-2-3-5-13(12)27-11/h2-7,11,25H,8-10H2,1H3,(H,22,24). The number of fused-ring (bicyclic) bond motifs is 1. The second-order valence-electron chi connectivity index (χ2n) is 6.20. The molecule has 1 aromatic heterocycles. The number of ether oxygens (including phenoxy) is 2. The highest BCUT2D eigenvalue weighted by Crippen LogP contribution is 2.40. The highest BCUT2D eigenvalue weighted by molar-refractivity contribution is 5.77. The Morgan fingerprint density at radius 1 is 1.37 bits per heavy atom. The Bertz CT molecular complexity index is 824. The van der Waals surface area contributed by atoms with Crippen LogP contribution in [0.2, 0.25) is 0 Å². The molecule has 0 fully saturated rings. The molecule has 10 heteroatoms. The fraction of sp³-hybridized carbons (Fsp3) is 0.412. The van der Waals surface area contributed by atoms with Gasteiger partial charge in [-0.3, -0.25) is 4.79 Å². The van der Waals surface area contributed by atoms with Crippen LogP contribution in [0.25, 0.3) is 0 Å². The van der Waals surface area contributed by atoms with Gasteiger partial charge < -0.3 is 24.5 Å². The molecule has 0 saturated heterocycles. The Kier molecular flexibility index (Phi) is 5.01. The highest BCUT2D eigenvalue weighted by Gasteiger charge is 2.58. The second kappa shape index (κ2) is 7.10. The molecule has 1 amide bonds. The minimum Gasteiger partial charge on any atom is -0.486 e. The molecule has 0 bridgehead atoms. The minimum atomic E-state index is -5.08.